The van der Waals surface area contributed by atoms with Crippen LogP contribution >= 0.6 is 0 Å². The van der Waals surface area contributed by atoms with Gasteiger partial charge in [-0.25, -0.2) is 0 Å². The zero-order valence-electron chi connectivity index (χ0n) is 25.1. The summed E-state index contributed by atoms with van der Waals surface area (Å²) in [7, 11) is 6.94. The highest BCUT2D eigenvalue weighted by molar-refractivity contribution is 6.32. The number of primary amides is 1. The summed E-state index contributed by atoms with van der Waals surface area (Å²) in [5.41, 5.74) is 5.40. The number of benzene rings is 1. The zero-order valence-corrected chi connectivity index (χ0v) is 25.1. The summed E-state index contributed by atoms with van der Waals surface area (Å²) in [4.78, 5) is 59.5. The third-order valence-corrected chi connectivity index (χ3v) is 9.57. The van der Waals surface area contributed by atoms with Crippen molar-refractivity contribution in [1.29, 1.82) is 5.41 Å². The van der Waals surface area contributed by atoms with Crippen molar-refractivity contribution in [3.63, 3.8) is 0 Å². The standard InChI is InChI=1S/C30H43N5O6/c1-8-14(3)35-12-17-18(13-35)24(36)21-16(23(17)34(6)7)10-15(9-2)20(26(21)38)28(39)30(41)11-19(33(4)5)25(37)22(27(30)31)29(32)40/h14-15,19-20,22,31,36,41H,8-13H2,1-7H3,(H2,32,40). The van der Waals surface area contributed by atoms with Crippen LogP contribution in [0.5, 0.6) is 5.75 Å². The number of hydrogen-bond donors (Lipinski definition) is 4. The molecule has 0 aromatic heterocycles. The van der Waals surface area contributed by atoms with Gasteiger partial charge in [-0.05, 0) is 50.9 Å². The normalized spacial score (nSPS) is 29.0. The smallest absolute Gasteiger partial charge is 0.233 e. The van der Waals surface area contributed by atoms with Crippen molar-refractivity contribution in [1.82, 2.24) is 9.80 Å². The van der Waals surface area contributed by atoms with Gasteiger partial charge >= 0.3 is 0 Å². The first-order chi connectivity index (χ1) is 19.1. The van der Waals surface area contributed by atoms with E-state index in [0.717, 1.165) is 17.7 Å². The lowest BCUT2D eigenvalue weighted by Crippen LogP contribution is -2.66. The van der Waals surface area contributed by atoms with Crippen LogP contribution in [0.2, 0.25) is 0 Å². The summed E-state index contributed by atoms with van der Waals surface area (Å²) in [6.45, 7) is 7.18. The molecule has 41 heavy (non-hydrogen) atoms. The second-order valence-corrected chi connectivity index (χ2v) is 12.3. The molecule has 1 aromatic carbocycles. The van der Waals surface area contributed by atoms with Crippen LogP contribution in [0.4, 0.5) is 5.69 Å². The maximum absolute atomic E-state index is 14.3. The van der Waals surface area contributed by atoms with Crippen LogP contribution in [0.3, 0.4) is 0 Å². The molecule has 6 atom stereocenters. The molecule has 11 nitrogen and oxygen atoms in total. The molecular formula is C30H43N5O6. The summed E-state index contributed by atoms with van der Waals surface area (Å²) in [5.74, 6) is -7.12. The Balaban J connectivity index is 1.85. The SMILES string of the molecule is CCC1Cc2c(c(O)c3c(c2N(C)C)CN(C(C)CC)C3)C(=O)C1C(=O)C1(O)CC(N(C)C)C(=O)C(C(N)=O)C1=N. The fourth-order valence-electron chi connectivity index (χ4n) is 6.99. The number of rotatable bonds is 8. The predicted octanol–water partition coefficient (Wildman–Crippen LogP) is 1.28. The summed E-state index contributed by atoms with van der Waals surface area (Å²) in [6.07, 6.45) is 1.19. The van der Waals surface area contributed by atoms with Gasteiger partial charge in [0.2, 0.25) is 5.91 Å². The molecule has 1 fully saturated rings. The fraction of sp³-hybridized carbons (Fsp3) is 0.633. The van der Waals surface area contributed by atoms with E-state index in [2.05, 4.69) is 18.7 Å². The number of phenols is 1. The van der Waals surface area contributed by atoms with Crippen molar-refractivity contribution in [2.24, 2.45) is 23.5 Å². The molecule has 0 radical (unpaired) electrons. The summed E-state index contributed by atoms with van der Waals surface area (Å²) in [5, 5.41) is 32.0. The number of aliphatic hydroxyl groups is 1. The molecule has 0 saturated heterocycles. The molecule has 0 spiro atoms. The maximum Gasteiger partial charge on any atom is 0.233 e. The molecule has 6 unspecified atom stereocenters. The molecule has 11 heteroatoms. The second-order valence-electron chi connectivity index (χ2n) is 12.3. The second kappa shape index (κ2) is 10.9. The van der Waals surface area contributed by atoms with E-state index in [9.17, 15) is 29.4 Å². The number of carbonyl (C=O) groups excluding carboxylic acids is 4. The Labute approximate surface area is 241 Å². The predicted molar refractivity (Wildman–Crippen MR) is 154 cm³/mol. The number of nitrogens with zero attached hydrogens (tertiary/aromatic N) is 3. The lowest BCUT2D eigenvalue weighted by Gasteiger charge is -2.44. The molecule has 2 aliphatic carbocycles. The van der Waals surface area contributed by atoms with Gasteiger partial charge in [-0.15, -0.1) is 0 Å². The van der Waals surface area contributed by atoms with Gasteiger partial charge < -0.3 is 26.3 Å². The van der Waals surface area contributed by atoms with Gasteiger partial charge in [-0.3, -0.25) is 29.0 Å². The topological polar surface area (TPSA) is 168 Å². The molecule has 1 aromatic rings. The first-order valence-electron chi connectivity index (χ1n) is 14.3. The van der Waals surface area contributed by atoms with Gasteiger partial charge in [-0.2, -0.15) is 0 Å². The first kappa shape index (κ1) is 30.8. The number of nitrogens with one attached hydrogen (secondary N) is 1. The number of likely N-dealkylation sites (N-methyl/N-ethyl adjacent to an activating group) is 1. The number of phenolic OH excluding ortho intramolecular Hbond substituents is 1. The number of fused-ring (bicyclic) bond motifs is 2. The summed E-state index contributed by atoms with van der Waals surface area (Å²) < 4.78 is 0. The maximum atomic E-state index is 14.3. The molecule has 1 amide bonds. The monoisotopic (exact) mass is 569 g/mol. The van der Waals surface area contributed by atoms with Crippen molar-refractivity contribution in [3.8, 4) is 5.75 Å². The van der Waals surface area contributed by atoms with E-state index in [1.165, 1.54) is 4.90 Å². The van der Waals surface area contributed by atoms with Crippen LogP contribution in [0.25, 0.3) is 0 Å². The molecule has 5 N–H and O–H groups in total. The highest BCUT2D eigenvalue weighted by Gasteiger charge is 2.59. The Morgan fingerprint density at radius 1 is 1.12 bits per heavy atom. The van der Waals surface area contributed by atoms with E-state index in [4.69, 9.17) is 11.1 Å². The van der Waals surface area contributed by atoms with Crippen LogP contribution in [-0.2, 0) is 33.9 Å². The number of amides is 1. The van der Waals surface area contributed by atoms with E-state index >= 15 is 0 Å². The van der Waals surface area contributed by atoms with Crippen LogP contribution in [-0.4, -0.2) is 94.9 Å². The van der Waals surface area contributed by atoms with Crippen LogP contribution in [0.15, 0.2) is 0 Å². The van der Waals surface area contributed by atoms with Crippen LogP contribution in [0, 0.1) is 23.2 Å². The Morgan fingerprint density at radius 2 is 1.73 bits per heavy atom. The van der Waals surface area contributed by atoms with Crippen molar-refractivity contribution in [2.75, 3.05) is 33.1 Å². The average molecular weight is 570 g/mol. The Morgan fingerprint density at radius 3 is 2.24 bits per heavy atom. The van der Waals surface area contributed by atoms with E-state index in [-0.39, 0.29) is 17.4 Å². The van der Waals surface area contributed by atoms with E-state index in [1.807, 2.05) is 25.9 Å². The zero-order chi connectivity index (χ0) is 30.7. The molecule has 224 valence electrons. The van der Waals surface area contributed by atoms with Crippen molar-refractivity contribution >= 4 is 34.7 Å². The first-order valence-corrected chi connectivity index (χ1v) is 14.3. The molecular weight excluding hydrogens is 526 g/mol. The number of hydrogen-bond acceptors (Lipinski definition) is 10. The van der Waals surface area contributed by atoms with Gasteiger partial charge in [0.05, 0.1) is 23.2 Å². The van der Waals surface area contributed by atoms with Gasteiger partial charge in [0, 0.05) is 50.9 Å². The number of carbonyl (C=O) groups is 4. The minimum atomic E-state index is -2.54. The van der Waals surface area contributed by atoms with Crippen molar-refractivity contribution in [2.45, 2.75) is 77.2 Å². The van der Waals surface area contributed by atoms with Crippen molar-refractivity contribution in [3.05, 3.63) is 22.3 Å². The number of nitrogens with two attached hydrogens (primary N) is 1. The number of aromatic hydroxyl groups is 1. The minimum Gasteiger partial charge on any atom is -0.507 e. The third kappa shape index (κ3) is 4.67. The minimum absolute atomic E-state index is 0.0825. The molecule has 3 aliphatic rings. The van der Waals surface area contributed by atoms with Gasteiger partial charge in [0.15, 0.2) is 23.0 Å². The highest BCUT2D eigenvalue weighted by atomic mass is 16.3. The number of ketones is 3. The van der Waals surface area contributed by atoms with Crippen molar-refractivity contribution < 1.29 is 29.4 Å². The van der Waals surface area contributed by atoms with Gasteiger partial charge in [0.1, 0.15) is 11.7 Å². The van der Waals surface area contributed by atoms with Gasteiger partial charge in [0.25, 0.3) is 0 Å². The quantitative estimate of drug-likeness (QED) is 0.337. The Hall–Kier alpha value is -3.15. The highest BCUT2D eigenvalue weighted by Crippen LogP contribution is 2.49. The number of anilines is 1. The summed E-state index contributed by atoms with van der Waals surface area (Å²) >= 11 is 0. The van der Waals surface area contributed by atoms with Crippen LogP contribution < -0.4 is 10.6 Å². The largest absolute Gasteiger partial charge is 0.507 e. The molecule has 4 rings (SSSR count). The lowest BCUT2D eigenvalue weighted by atomic mass is 9.62. The Kier molecular flexibility index (Phi) is 8.20. The molecule has 1 aliphatic heterocycles. The van der Waals surface area contributed by atoms with E-state index in [0.29, 0.717) is 37.1 Å². The van der Waals surface area contributed by atoms with E-state index in [1.54, 1.807) is 14.1 Å². The Bertz CT molecular complexity index is 1320. The molecule has 1 heterocycles. The molecule has 1 saturated carbocycles. The molecule has 0 bridgehead atoms. The third-order valence-electron chi connectivity index (χ3n) is 9.57. The summed E-state index contributed by atoms with van der Waals surface area (Å²) in [6, 6.07) is -0.787. The van der Waals surface area contributed by atoms with E-state index < -0.39 is 64.8 Å². The van der Waals surface area contributed by atoms with Crippen LogP contribution in [0.1, 0.15) is 67.1 Å². The number of Topliss-reactive ketones (excluding diaryl/α,β-unsaturated/α-hetero) is 3. The average Bonchev–Trinajstić information content (AvgIpc) is 3.34. The fourth-order valence-corrected chi connectivity index (χ4v) is 6.99. The lowest BCUT2D eigenvalue weighted by molar-refractivity contribution is -0.143. The van der Waals surface area contributed by atoms with Gasteiger partial charge in [-0.1, -0.05) is 20.3 Å².